The number of benzene rings is 1. The van der Waals surface area contributed by atoms with Gasteiger partial charge in [0.2, 0.25) is 5.91 Å². The van der Waals surface area contributed by atoms with Crippen LogP contribution in [-0.2, 0) is 29.4 Å². The van der Waals surface area contributed by atoms with Gasteiger partial charge in [-0.1, -0.05) is 11.8 Å². The number of aryl methyl sites for hydroxylation is 1. The fourth-order valence-electron chi connectivity index (χ4n) is 4.94. The Labute approximate surface area is 225 Å². The maximum Gasteiger partial charge on any atom is 0.341 e. The molecule has 1 saturated carbocycles. The first-order valence-electron chi connectivity index (χ1n) is 12.9. The number of hydrogen-bond acceptors (Lipinski definition) is 8. The van der Waals surface area contributed by atoms with E-state index < -0.39 is 0 Å². The van der Waals surface area contributed by atoms with Crippen LogP contribution in [0, 0.1) is 0 Å². The third kappa shape index (κ3) is 5.85. The first kappa shape index (κ1) is 25.8. The number of thiophene rings is 1. The van der Waals surface area contributed by atoms with Gasteiger partial charge in [0.25, 0.3) is 0 Å². The number of anilines is 1. The number of carbonyl (C=O) groups excluding carboxylic acids is 2. The van der Waals surface area contributed by atoms with Gasteiger partial charge < -0.3 is 19.4 Å². The number of ether oxygens (including phenoxy) is 2. The molecule has 2 aromatic heterocycles. The second-order valence-corrected chi connectivity index (χ2v) is 11.4. The molecule has 5 rings (SSSR count). The molecular formula is C27H32N4O4S2. The highest BCUT2D eigenvalue weighted by Gasteiger charge is 2.27. The van der Waals surface area contributed by atoms with Gasteiger partial charge in [-0.05, 0) is 88.1 Å². The van der Waals surface area contributed by atoms with Crippen molar-refractivity contribution in [1.82, 2.24) is 14.8 Å². The molecule has 2 aliphatic rings. The summed E-state index contributed by atoms with van der Waals surface area (Å²) in [6.45, 7) is 2.09. The van der Waals surface area contributed by atoms with Crippen LogP contribution in [-0.4, -0.2) is 45.1 Å². The largest absolute Gasteiger partial charge is 0.490 e. The molecule has 2 aliphatic carbocycles. The van der Waals surface area contributed by atoms with Crippen molar-refractivity contribution in [1.29, 1.82) is 0 Å². The standard InChI is InChI=1S/C27H32N4O4S2/c1-3-34-26(33)23-20-10-6-7-11-21(20)37-25(23)28-22(32)16-36-27-30-29-24(31(27)2)17-12-14-19(15-13-17)35-18-8-4-5-9-18/h12-15,18H,3-11,16H2,1-2H3,(H,28,32). The van der Waals surface area contributed by atoms with Gasteiger partial charge >= 0.3 is 5.97 Å². The van der Waals surface area contributed by atoms with Gasteiger partial charge in [-0.25, -0.2) is 4.79 Å². The molecule has 10 heteroatoms. The minimum absolute atomic E-state index is 0.158. The normalized spacial score (nSPS) is 15.4. The van der Waals surface area contributed by atoms with E-state index in [1.807, 2.05) is 35.9 Å². The number of rotatable bonds is 9. The van der Waals surface area contributed by atoms with Crippen molar-refractivity contribution in [3.8, 4) is 17.1 Å². The number of carbonyl (C=O) groups is 2. The molecule has 0 aliphatic heterocycles. The third-order valence-corrected chi connectivity index (χ3v) is 9.02. The average molecular weight is 541 g/mol. The molecule has 37 heavy (non-hydrogen) atoms. The Morgan fingerprint density at radius 1 is 1.11 bits per heavy atom. The summed E-state index contributed by atoms with van der Waals surface area (Å²) in [6, 6.07) is 7.94. The van der Waals surface area contributed by atoms with Crippen molar-refractivity contribution in [3.63, 3.8) is 0 Å². The Balaban J connectivity index is 1.22. The Kier molecular flexibility index (Phi) is 8.14. The first-order chi connectivity index (χ1) is 18.0. The number of esters is 1. The van der Waals surface area contributed by atoms with Crippen LogP contribution < -0.4 is 10.1 Å². The van der Waals surface area contributed by atoms with Crippen LogP contribution in [0.1, 0.15) is 66.2 Å². The smallest absolute Gasteiger partial charge is 0.341 e. The van der Waals surface area contributed by atoms with E-state index in [0.717, 1.165) is 61.2 Å². The van der Waals surface area contributed by atoms with Gasteiger partial charge in [0, 0.05) is 17.5 Å². The number of nitrogens with zero attached hydrogens (tertiary/aromatic N) is 3. The second-order valence-electron chi connectivity index (χ2n) is 9.39. The van der Waals surface area contributed by atoms with Crippen LogP contribution in [0.15, 0.2) is 29.4 Å². The quantitative estimate of drug-likeness (QED) is 0.277. The van der Waals surface area contributed by atoms with Gasteiger partial charge in [-0.2, -0.15) is 0 Å². The number of hydrogen-bond donors (Lipinski definition) is 1. The van der Waals surface area contributed by atoms with Crippen LogP contribution >= 0.6 is 23.1 Å². The Morgan fingerprint density at radius 2 is 1.86 bits per heavy atom. The van der Waals surface area contributed by atoms with Crippen LogP contribution in [0.4, 0.5) is 5.00 Å². The van der Waals surface area contributed by atoms with Crippen molar-refractivity contribution in [3.05, 3.63) is 40.3 Å². The molecule has 8 nitrogen and oxygen atoms in total. The highest BCUT2D eigenvalue weighted by molar-refractivity contribution is 7.99. The number of thioether (sulfide) groups is 1. The molecule has 0 spiro atoms. The van der Waals surface area contributed by atoms with E-state index >= 15 is 0 Å². The van der Waals surface area contributed by atoms with Crippen LogP contribution in [0.25, 0.3) is 11.4 Å². The van der Waals surface area contributed by atoms with Crippen molar-refractivity contribution in [2.45, 2.75) is 69.6 Å². The lowest BCUT2D eigenvalue weighted by atomic mass is 9.95. The highest BCUT2D eigenvalue weighted by Crippen LogP contribution is 2.39. The Hall–Kier alpha value is -2.85. The predicted octanol–water partition coefficient (Wildman–Crippen LogP) is 5.65. The number of amides is 1. The van der Waals surface area contributed by atoms with Gasteiger partial charge in [-0.15, -0.1) is 21.5 Å². The van der Waals surface area contributed by atoms with E-state index in [1.165, 1.54) is 40.8 Å². The summed E-state index contributed by atoms with van der Waals surface area (Å²) < 4.78 is 13.2. The summed E-state index contributed by atoms with van der Waals surface area (Å²) in [5.41, 5.74) is 2.50. The van der Waals surface area contributed by atoms with Crippen LogP contribution in [0.5, 0.6) is 5.75 Å². The minimum atomic E-state index is -0.359. The molecule has 3 aromatic rings. The first-order valence-corrected chi connectivity index (χ1v) is 14.7. The summed E-state index contributed by atoms with van der Waals surface area (Å²) in [4.78, 5) is 26.7. The van der Waals surface area contributed by atoms with E-state index in [-0.39, 0.29) is 17.6 Å². The highest BCUT2D eigenvalue weighted by atomic mass is 32.2. The molecule has 0 radical (unpaired) electrons. The van der Waals surface area contributed by atoms with E-state index in [2.05, 4.69) is 15.5 Å². The lowest BCUT2D eigenvalue weighted by Gasteiger charge is -2.13. The second kappa shape index (κ2) is 11.7. The maximum atomic E-state index is 12.9. The molecule has 196 valence electrons. The molecule has 0 saturated heterocycles. The van der Waals surface area contributed by atoms with Gasteiger partial charge in [-0.3, -0.25) is 4.79 Å². The molecule has 1 aromatic carbocycles. The molecule has 0 atom stereocenters. The molecule has 1 N–H and O–H groups in total. The predicted molar refractivity (Wildman–Crippen MR) is 146 cm³/mol. The molecule has 0 unspecified atom stereocenters. The SMILES string of the molecule is CCOC(=O)c1c(NC(=O)CSc2nnc(-c3ccc(OC4CCCC4)cc3)n2C)sc2c1CCCC2. The van der Waals surface area contributed by atoms with Gasteiger partial charge in [0.1, 0.15) is 10.8 Å². The topological polar surface area (TPSA) is 95.3 Å². The number of nitrogens with one attached hydrogen (secondary N) is 1. The van der Waals surface area contributed by atoms with E-state index in [0.29, 0.717) is 28.4 Å². The molecule has 1 amide bonds. The van der Waals surface area contributed by atoms with Crippen LogP contribution in [0.3, 0.4) is 0 Å². The number of aromatic nitrogens is 3. The summed E-state index contributed by atoms with van der Waals surface area (Å²) in [5, 5.41) is 12.8. The number of fused-ring (bicyclic) bond motifs is 1. The van der Waals surface area contributed by atoms with Crippen molar-refractivity contribution in [2.75, 3.05) is 17.7 Å². The molecule has 2 heterocycles. The Morgan fingerprint density at radius 3 is 2.62 bits per heavy atom. The molecule has 0 bridgehead atoms. The zero-order valence-corrected chi connectivity index (χ0v) is 22.9. The van der Waals surface area contributed by atoms with Gasteiger partial charge in [0.05, 0.1) is 24.0 Å². The van der Waals surface area contributed by atoms with Crippen molar-refractivity contribution in [2.24, 2.45) is 7.05 Å². The summed E-state index contributed by atoms with van der Waals surface area (Å²) in [5.74, 6) is 1.22. The summed E-state index contributed by atoms with van der Waals surface area (Å²) in [7, 11) is 1.89. The van der Waals surface area contributed by atoms with Crippen LogP contribution in [0.2, 0.25) is 0 Å². The van der Waals surface area contributed by atoms with E-state index in [1.54, 1.807) is 6.92 Å². The van der Waals surface area contributed by atoms with E-state index in [4.69, 9.17) is 9.47 Å². The molecular weight excluding hydrogens is 508 g/mol. The van der Waals surface area contributed by atoms with Crippen molar-refractivity contribution < 1.29 is 19.1 Å². The average Bonchev–Trinajstić information content (AvgIpc) is 3.62. The lowest BCUT2D eigenvalue weighted by Crippen LogP contribution is -2.17. The third-order valence-electron chi connectivity index (χ3n) is 6.79. The zero-order valence-electron chi connectivity index (χ0n) is 21.2. The van der Waals surface area contributed by atoms with E-state index in [9.17, 15) is 9.59 Å². The zero-order chi connectivity index (χ0) is 25.8. The van der Waals surface area contributed by atoms with Gasteiger partial charge in [0.15, 0.2) is 11.0 Å². The fourth-order valence-corrected chi connectivity index (χ4v) is 6.94. The fraction of sp³-hybridized carbons (Fsp3) is 0.481. The monoisotopic (exact) mass is 540 g/mol. The minimum Gasteiger partial charge on any atom is -0.490 e. The van der Waals surface area contributed by atoms with Crippen molar-refractivity contribution >= 4 is 40.0 Å². The Bertz CT molecular complexity index is 1260. The maximum absolute atomic E-state index is 12.9. The molecule has 1 fully saturated rings. The summed E-state index contributed by atoms with van der Waals surface area (Å²) in [6.07, 6.45) is 8.98. The lowest BCUT2D eigenvalue weighted by molar-refractivity contribution is -0.113. The summed E-state index contributed by atoms with van der Waals surface area (Å²) >= 11 is 2.81.